The first-order valence-corrected chi connectivity index (χ1v) is 7.93. The van der Waals surface area contributed by atoms with Gasteiger partial charge in [-0.2, -0.15) is 4.31 Å². The minimum Gasteiger partial charge on any atom is -0.309 e. The van der Waals surface area contributed by atoms with E-state index in [9.17, 15) is 8.42 Å². The molecular weight excluding hydrogens is 278 g/mol. The standard InChI is InChI=1S/C12H23N5O2S/c1-4-17(9-5-8-16(2)3)20(18,19)11-6-7-12(15-13)14-10-11/h6-7,10H,4-5,8-9,13H2,1-3H3,(H,14,15). The zero-order valence-corrected chi connectivity index (χ0v) is 13.0. The lowest BCUT2D eigenvalue weighted by molar-refractivity contribution is 0.356. The molecular formula is C12H23N5O2S. The summed E-state index contributed by atoms with van der Waals surface area (Å²) in [5.41, 5.74) is 2.37. The fourth-order valence-electron chi connectivity index (χ4n) is 1.78. The van der Waals surface area contributed by atoms with Gasteiger partial charge in [0.25, 0.3) is 0 Å². The van der Waals surface area contributed by atoms with Gasteiger partial charge in [-0.3, -0.25) is 0 Å². The highest BCUT2D eigenvalue weighted by Gasteiger charge is 2.22. The number of nitrogen functional groups attached to an aromatic ring is 1. The number of anilines is 1. The normalized spacial score (nSPS) is 12.1. The van der Waals surface area contributed by atoms with Gasteiger partial charge in [-0.1, -0.05) is 6.92 Å². The van der Waals surface area contributed by atoms with Crippen molar-refractivity contribution in [2.24, 2.45) is 5.84 Å². The molecule has 7 nitrogen and oxygen atoms in total. The SMILES string of the molecule is CCN(CCCN(C)C)S(=O)(=O)c1ccc(NN)nc1. The molecule has 0 aromatic carbocycles. The van der Waals surface area contributed by atoms with Crippen LogP contribution in [0.15, 0.2) is 23.2 Å². The number of aromatic nitrogens is 1. The first kappa shape index (κ1) is 16.8. The Balaban J connectivity index is 2.82. The fraction of sp³-hybridized carbons (Fsp3) is 0.583. The van der Waals surface area contributed by atoms with Gasteiger partial charge in [-0.25, -0.2) is 19.2 Å². The smallest absolute Gasteiger partial charge is 0.244 e. The van der Waals surface area contributed by atoms with Crippen LogP contribution in [0.1, 0.15) is 13.3 Å². The second-order valence-electron chi connectivity index (χ2n) is 4.68. The zero-order valence-electron chi connectivity index (χ0n) is 12.2. The van der Waals surface area contributed by atoms with E-state index in [-0.39, 0.29) is 4.90 Å². The average molecular weight is 301 g/mol. The predicted octanol–water partition coefficient (Wildman–Crippen LogP) is 0.330. The molecule has 0 spiro atoms. The Morgan fingerprint density at radius 3 is 2.45 bits per heavy atom. The highest BCUT2D eigenvalue weighted by Crippen LogP contribution is 2.16. The van der Waals surface area contributed by atoms with E-state index < -0.39 is 10.0 Å². The van der Waals surface area contributed by atoms with Gasteiger partial charge in [0.2, 0.25) is 10.0 Å². The summed E-state index contributed by atoms with van der Waals surface area (Å²) in [6.45, 7) is 3.61. The van der Waals surface area contributed by atoms with Crippen molar-refractivity contribution < 1.29 is 8.42 Å². The zero-order chi connectivity index (χ0) is 15.2. The van der Waals surface area contributed by atoms with Crippen LogP contribution in [0.25, 0.3) is 0 Å². The van der Waals surface area contributed by atoms with Crippen LogP contribution in [0.4, 0.5) is 5.82 Å². The molecule has 8 heteroatoms. The highest BCUT2D eigenvalue weighted by atomic mass is 32.2. The number of nitrogens with one attached hydrogen (secondary N) is 1. The molecule has 3 N–H and O–H groups in total. The summed E-state index contributed by atoms with van der Waals surface area (Å²) in [7, 11) is 0.441. The van der Waals surface area contributed by atoms with Gasteiger partial charge in [0.15, 0.2) is 0 Å². The van der Waals surface area contributed by atoms with Crippen molar-refractivity contribution in [2.75, 3.05) is 39.2 Å². The monoisotopic (exact) mass is 301 g/mol. The van der Waals surface area contributed by atoms with Gasteiger partial charge < -0.3 is 10.3 Å². The lowest BCUT2D eigenvalue weighted by Crippen LogP contribution is -2.33. The van der Waals surface area contributed by atoms with Crippen LogP contribution in [-0.2, 0) is 10.0 Å². The molecule has 20 heavy (non-hydrogen) atoms. The van der Waals surface area contributed by atoms with Gasteiger partial charge in [0, 0.05) is 19.3 Å². The first-order chi connectivity index (χ1) is 9.41. The van der Waals surface area contributed by atoms with Crippen molar-refractivity contribution in [2.45, 2.75) is 18.2 Å². The van der Waals surface area contributed by atoms with Crippen molar-refractivity contribution in [3.63, 3.8) is 0 Å². The maximum absolute atomic E-state index is 12.5. The number of hydrogen-bond acceptors (Lipinski definition) is 6. The largest absolute Gasteiger partial charge is 0.309 e. The lowest BCUT2D eigenvalue weighted by Gasteiger charge is -2.21. The molecule has 1 heterocycles. The Bertz CT molecular complexity index is 501. The number of rotatable bonds is 8. The Hall–Kier alpha value is -1.22. The maximum Gasteiger partial charge on any atom is 0.244 e. The number of hydrazine groups is 1. The van der Waals surface area contributed by atoms with Crippen LogP contribution < -0.4 is 11.3 Å². The summed E-state index contributed by atoms with van der Waals surface area (Å²) in [5, 5.41) is 0. The molecule has 0 saturated carbocycles. The summed E-state index contributed by atoms with van der Waals surface area (Å²) >= 11 is 0. The highest BCUT2D eigenvalue weighted by molar-refractivity contribution is 7.89. The Labute approximate surface area is 120 Å². The van der Waals surface area contributed by atoms with E-state index in [4.69, 9.17) is 5.84 Å². The van der Waals surface area contributed by atoms with Gasteiger partial charge in [-0.15, -0.1) is 0 Å². The van der Waals surface area contributed by atoms with E-state index in [1.807, 2.05) is 25.9 Å². The molecule has 0 bridgehead atoms. The Kier molecular flexibility index (Phi) is 6.34. The molecule has 0 unspecified atom stereocenters. The van der Waals surface area contributed by atoms with Gasteiger partial charge in [0.05, 0.1) is 0 Å². The summed E-state index contributed by atoms with van der Waals surface area (Å²) in [4.78, 5) is 6.15. The summed E-state index contributed by atoms with van der Waals surface area (Å²) in [6.07, 6.45) is 2.11. The van der Waals surface area contributed by atoms with E-state index in [2.05, 4.69) is 10.4 Å². The molecule has 0 radical (unpaired) electrons. The second kappa shape index (κ2) is 7.53. The Morgan fingerprint density at radius 1 is 1.30 bits per heavy atom. The number of hydrogen-bond donors (Lipinski definition) is 2. The van der Waals surface area contributed by atoms with Crippen molar-refractivity contribution in [3.05, 3.63) is 18.3 Å². The van der Waals surface area contributed by atoms with Gasteiger partial charge in [0.1, 0.15) is 10.7 Å². The summed E-state index contributed by atoms with van der Waals surface area (Å²) in [5.74, 6) is 5.64. The van der Waals surface area contributed by atoms with Crippen molar-refractivity contribution >= 4 is 15.8 Å². The van der Waals surface area contributed by atoms with Crippen LogP contribution in [-0.4, -0.2) is 56.3 Å². The number of nitrogens with two attached hydrogens (primary N) is 1. The molecule has 0 saturated heterocycles. The van der Waals surface area contributed by atoms with Crippen molar-refractivity contribution in [3.8, 4) is 0 Å². The third kappa shape index (κ3) is 4.41. The van der Waals surface area contributed by atoms with E-state index in [1.54, 1.807) is 6.07 Å². The van der Waals surface area contributed by atoms with Crippen LogP contribution in [0.2, 0.25) is 0 Å². The summed E-state index contributed by atoms with van der Waals surface area (Å²) in [6, 6.07) is 3.05. The first-order valence-electron chi connectivity index (χ1n) is 6.49. The lowest BCUT2D eigenvalue weighted by atomic mass is 10.4. The van der Waals surface area contributed by atoms with Gasteiger partial charge >= 0.3 is 0 Å². The molecule has 0 aliphatic carbocycles. The van der Waals surface area contributed by atoms with Crippen molar-refractivity contribution in [1.29, 1.82) is 0 Å². The minimum atomic E-state index is -3.49. The fourth-order valence-corrected chi connectivity index (χ4v) is 3.21. The third-order valence-electron chi connectivity index (χ3n) is 2.89. The molecule has 114 valence electrons. The number of sulfonamides is 1. The quantitative estimate of drug-likeness (QED) is 0.531. The summed E-state index contributed by atoms with van der Waals surface area (Å²) < 4.78 is 26.4. The second-order valence-corrected chi connectivity index (χ2v) is 6.61. The van der Waals surface area contributed by atoms with Crippen LogP contribution in [0.3, 0.4) is 0 Å². The van der Waals surface area contributed by atoms with E-state index in [0.717, 1.165) is 13.0 Å². The third-order valence-corrected chi connectivity index (χ3v) is 4.85. The molecule has 0 aliphatic rings. The molecule has 0 fully saturated rings. The number of pyridine rings is 1. The molecule has 1 aromatic rings. The maximum atomic E-state index is 12.5. The van der Waals surface area contributed by atoms with Gasteiger partial charge in [-0.05, 0) is 39.2 Å². The van der Waals surface area contributed by atoms with Crippen LogP contribution in [0, 0.1) is 0 Å². The minimum absolute atomic E-state index is 0.184. The van der Waals surface area contributed by atoms with E-state index >= 15 is 0 Å². The predicted molar refractivity (Wildman–Crippen MR) is 79.7 cm³/mol. The topological polar surface area (TPSA) is 91.6 Å². The molecule has 1 rings (SSSR count). The Morgan fingerprint density at radius 2 is 2.00 bits per heavy atom. The van der Waals surface area contributed by atoms with E-state index in [1.165, 1.54) is 16.6 Å². The average Bonchev–Trinajstić information content (AvgIpc) is 2.43. The van der Waals surface area contributed by atoms with Crippen LogP contribution >= 0.6 is 0 Å². The molecule has 0 aliphatic heterocycles. The number of nitrogens with zero attached hydrogens (tertiary/aromatic N) is 3. The molecule has 1 aromatic heterocycles. The van der Waals surface area contributed by atoms with Crippen LogP contribution in [0.5, 0.6) is 0 Å². The van der Waals surface area contributed by atoms with E-state index in [0.29, 0.717) is 18.9 Å². The molecule has 0 atom stereocenters. The molecule has 0 amide bonds. The van der Waals surface area contributed by atoms with Crippen molar-refractivity contribution in [1.82, 2.24) is 14.2 Å².